The summed E-state index contributed by atoms with van der Waals surface area (Å²) in [6.45, 7) is 5.83. The second-order valence-electron chi connectivity index (χ2n) is 7.01. The van der Waals surface area contributed by atoms with Gasteiger partial charge in [-0.05, 0) is 56.4 Å². The molecule has 0 aromatic heterocycles. The van der Waals surface area contributed by atoms with Gasteiger partial charge in [0.1, 0.15) is 0 Å². The van der Waals surface area contributed by atoms with Crippen LogP contribution in [0.15, 0.2) is 24.3 Å². The van der Waals surface area contributed by atoms with Crippen molar-refractivity contribution < 1.29 is 9.59 Å². The molecule has 1 saturated heterocycles. The lowest BCUT2D eigenvalue weighted by atomic mass is 10.1. The van der Waals surface area contributed by atoms with Gasteiger partial charge in [-0.25, -0.2) is 0 Å². The quantitative estimate of drug-likeness (QED) is 0.885. The average molecular weight is 367 g/mol. The summed E-state index contributed by atoms with van der Waals surface area (Å²) in [6, 6.07) is 7.80. The number of thioether (sulfide) groups is 2. The SMILES string of the molecule is CN(CC(=O)NC(C)(C)C)C(=O)c1ccc(C2SCCCS2)cc1. The molecule has 6 heteroatoms. The van der Waals surface area contributed by atoms with E-state index in [4.69, 9.17) is 0 Å². The predicted octanol–water partition coefficient (Wildman–Crippen LogP) is 3.54. The first kappa shape index (κ1) is 19.2. The highest BCUT2D eigenvalue weighted by molar-refractivity contribution is 8.16. The van der Waals surface area contributed by atoms with Gasteiger partial charge in [-0.3, -0.25) is 9.59 Å². The maximum Gasteiger partial charge on any atom is 0.254 e. The van der Waals surface area contributed by atoms with E-state index in [1.807, 2.05) is 68.6 Å². The van der Waals surface area contributed by atoms with Crippen LogP contribution in [0.25, 0.3) is 0 Å². The molecule has 0 unspecified atom stereocenters. The highest BCUT2D eigenvalue weighted by atomic mass is 32.2. The Morgan fingerprint density at radius 2 is 1.75 bits per heavy atom. The molecule has 1 aliphatic heterocycles. The van der Waals surface area contributed by atoms with Gasteiger partial charge in [0, 0.05) is 18.2 Å². The van der Waals surface area contributed by atoms with Crippen LogP contribution < -0.4 is 5.32 Å². The molecule has 1 aliphatic rings. The molecule has 0 aliphatic carbocycles. The number of carbonyl (C=O) groups excluding carboxylic acids is 2. The van der Waals surface area contributed by atoms with Crippen molar-refractivity contribution in [3.8, 4) is 0 Å². The van der Waals surface area contributed by atoms with Crippen LogP contribution in [0.5, 0.6) is 0 Å². The monoisotopic (exact) mass is 366 g/mol. The maximum absolute atomic E-state index is 12.5. The highest BCUT2D eigenvalue weighted by Gasteiger charge is 2.20. The fourth-order valence-electron chi connectivity index (χ4n) is 2.43. The Morgan fingerprint density at radius 3 is 2.29 bits per heavy atom. The normalized spacial score (nSPS) is 15.8. The van der Waals surface area contributed by atoms with Crippen molar-refractivity contribution in [2.24, 2.45) is 0 Å². The number of rotatable bonds is 4. The first-order chi connectivity index (χ1) is 11.3. The number of likely N-dealkylation sites (N-methyl/N-ethyl adjacent to an activating group) is 1. The number of nitrogens with one attached hydrogen (secondary N) is 1. The zero-order chi connectivity index (χ0) is 17.7. The molecule has 1 aromatic rings. The third-order valence-electron chi connectivity index (χ3n) is 3.50. The van der Waals surface area contributed by atoms with Gasteiger partial charge in [0.25, 0.3) is 5.91 Å². The average Bonchev–Trinajstić information content (AvgIpc) is 2.53. The van der Waals surface area contributed by atoms with Gasteiger partial charge < -0.3 is 10.2 Å². The minimum absolute atomic E-state index is 0.0617. The molecule has 24 heavy (non-hydrogen) atoms. The topological polar surface area (TPSA) is 49.4 Å². The van der Waals surface area contributed by atoms with E-state index in [2.05, 4.69) is 5.32 Å². The number of benzene rings is 1. The number of hydrogen-bond donors (Lipinski definition) is 1. The van der Waals surface area contributed by atoms with E-state index < -0.39 is 0 Å². The number of carbonyl (C=O) groups is 2. The molecule has 2 amide bonds. The number of nitrogens with zero attached hydrogens (tertiary/aromatic N) is 1. The Bertz CT molecular complexity index is 576. The lowest BCUT2D eigenvalue weighted by Gasteiger charge is -2.24. The molecular weight excluding hydrogens is 340 g/mol. The van der Waals surface area contributed by atoms with E-state index in [-0.39, 0.29) is 23.9 Å². The Morgan fingerprint density at radius 1 is 1.17 bits per heavy atom. The fourth-order valence-corrected chi connectivity index (χ4v) is 5.32. The molecule has 1 heterocycles. The maximum atomic E-state index is 12.5. The van der Waals surface area contributed by atoms with Crippen LogP contribution in [0.1, 0.15) is 47.7 Å². The van der Waals surface area contributed by atoms with Gasteiger partial charge in [-0.1, -0.05) is 12.1 Å². The molecule has 0 saturated carbocycles. The molecular formula is C18H26N2O2S2. The first-order valence-electron chi connectivity index (χ1n) is 8.16. The third kappa shape index (κ3) is 5.74. The first-order valence-corrected chi connectivity index (χ1v) is 10.3. The van der Waals surface area contributed by atoms with Crippen molar-refractivity contribution in [1.82, 2.24) is 10.2 Å². The van der Waals surface area contributed by atoms with Crippen molar-refractivity contribution in [2.75, 3.05) is 25.1 Å². The second-order valence-corrected chi connectivity index (χ2v) is 9.73. The van der Waals surface area contributed by atoms with E-state index in [0.717, 1.165) is 0 Å². The van der Waals surface area contributed by atoms with E-state index in [0.29, 0.717) is 10.1 Å². The minimum Gasteiger partial charge on any atom is -0.350 e. The van der Waals surface area contributed by atoms with Crippen LogP contribution in [0.2, 0.25) is 0 Å². The molecule has 1 N–H and O–H groups in total. The molecule has 0 radical (unpaired) electrons. The smallest absolute Gasteiger partial charge is 0.254 e. The van der Waals surface area contributed by atoms with Crippen molar-refractivity contribution >= 4 is 35.3 Å². The molecule has 1 aromatic carbocycles. The molecule has 0 spiro atoms. The van der Waals surface area contributed by atoms with Crippen molar-refractivity contribution in [3.63, 3.8) is 0 Å². The van der Waals surface area contributed by atoms with Gasteiger partial charge in [-0.15, -0.1) is 23.5 Å². The summed E-state index contributed by atoms with van der Waals surface area (Å²) in [6.07, 6.45) is 1.27. The predicted molar refractivity (Wildman–Crippen MR) is 104 cm³/mol. The highest BCUT2D eigenvalue weighted by Crippen LogP contribution is 2.43. The third-order valence-corrected chi connectivity index (χ3v) is 6.51. The Balaban J connectivity index is 1.95. The summed E-state index contributed by atoms with van der Waals surface area (Å²) in [5, 5.41) is 2.87. The van der Waals surface area contributed by atoms with Gasteiger partial charge in [0.05, 0.1) is 11.1 Å². The molecule has 4 nitrogen and oxygen atoms in total. The Labute approximate surface area is 153 Å². The van der Waals surface area contributed by atoms with E-state index >= 15 is 0 Å². The van der Waals surface area contributed by atoms with Crippen LogP contribution in [-0.4, -0.2) is 47.4 Å². The molecule has 0 bridgehead atoms. The Kier molecular flexibility index (Phi) is 6.63. The zero-order valence-corrected chi connectivity index (χ0v) is 16.4. The van der Waals surface area contributed by atoms with Gasteiger partial charge in [0.2, 0.25) is 5.91 Å². The molecule has 0 atom stereocenters. The van der Waals surface area contributed by atoms with Crippen molar-refractivity contribution in [3.05, 3.63) is 35.4 Å². The Hall–Kier alpha value is -1.14. The largest absolute Gasteiger partial charge is 0.350 e. The molecule has 2 rings (SSSR count). The van der Waals surface area contributed by atoms with Crippen molar-refractivity contribution in [1.29, 1.82) is 0 Å². The summed E-state index contributed by atoms with van der Waals surface area (Å²) in [4.78, 5) is 25.9. The second kappa shape index (κ2) is 8.30. The van der Waals surface area contributed by atoms with Gasteiger partial charge >= 0.3 is 0 Å². The summed E-state index contributed by atoms with van der Waals surface area (Å²) in [7, 11) is 1.66. The summed E-state index contributed by atoms with van der Waals surface area (Å²) in [5.74, 6) is 2.12. The van der Waals surface area contributed by atoms with Crippen LogP contribution in [0, 0.1) is 0 Å². The fraction of sp³-hybridized carbons (Fsp3) is 0.556. The minimum atomic E-state index is -0.294. The van der Waals surface area contributed by atoms with Crippen LogP contribution in [-0.2, 0) is 4.79 Å². The molecule has 132 valence electrons. The summed E-state index contributed by atoms with van der Waals surface area (Å²) in [5.41, 5.74) is 1.59. The van der Waals surface area contributed by atoms with Crippen LogP contribution >= 0.6 is 23.5 Å². The van der Waals surface area contributed by atoms with Crippen LogP contribution in [0.3, 0.4) is 0 Å². The lowest BCUT2D eigenvalue weighted by molar-refractivity contribution is -0.122. The number of amides is 2. The van der Waals surface area contributed by atoms with Gasteiger partial charge in [-0.2, -0.15) is 0 Å². The summed E-state index contributed by atoms with van der Waals surface area (Å²) < 4.78 is 0.471. The van der Waals surface area contributed by atoms with E-state index in [1.165, 1.54) is 28.4 Å². The van der Waals surface area contributed by atoms with E-state index in [9.17, 15) is 9.59 Å². The zero-order valence-electron chi connectivity index (χ0n) is 14.8. The van der Waals surface area contributed by atoms with Crippen molar-refractivity contribution in [2.45, 2.75) is 37.3 Å². The molecule has 1 fully saturated rings. The van der Waals surface area contributed by atoms with Crippen LogP contribution in [0.4, 0.5) is 0 Å². The standard InChI is InChI=1S/C18H26N2O2S2/c1-18(2,3)19-15(21)12-20(4)16(22)13-6-8-14(9-7-13)17-23-10-5-11-24-17/h6-9,17H,5,10-12H2,1-4H3,(H,19,21). The lowest BCUT2D eigenvalue weighted by Crippen LogP contribution is -2.46. The van der Waals surface area contributed by atoms with E-state index in [1.54, 1.807) is 7.05 Å². The van der Waals surface area contributed by atoms with Gasteiger partial charge in [0.15, 0.2) is 0 Å². The number of hydrogen-bond acceptors (Lipinski definition) is 4. The summed E-state index contributed by atoms with van der Waals surface area (Å²) >= 11 is 3.93.